The van der Waals surface area contributed by atoms with Crippen molar-refractivity contribution in [3.05, 3.63) is 46.5 Å². The molecule has 1 aliphatic heterocycles. The summed E-state index contributed by atoms with van der Waals surface area (Å²) in [6.45, 7) is 2.82. The number of aryl methyl sites for hydroxylation is 1. The molecule has 0 bridgehead atoms. The molecule has 1 aromatic carbocycles. The summed E-state index contributed by atoms with van der Waals surface area (Å²) >= 11 is 1.44. The molecule has 0 atom stereocenters. The number of hydrogen-bond donors (Lipinski definition) is 1. The van der Waals surface area contributed by atoms with Gasteiger partial charge in [0.1, 0.15) is 0 Å². The molecule has 3 rings (SSSR count). The Bertz CT molecular complexity index is 800. The number of nitrogens with zero attached hydrogens (tertiary/aromatic N) is 3. The third-order valence-electron chi connectivity index (χ3n) is 4.50. The highest BCUT2D eigenvalue weighted by Gasteiger charge is 2.32. The van der Waals surface area contributed by atoms with Crippen LogP contribution in [0.2, 0.25) is 0 Å². The Morgan fingerprint density at radius 2 is 1.93 bits per heavy atom. The normalized spacial score (nSPS) is 16.3. The van der Waals surface area contributed by atoms with E-state index in [1.165, 1.54) is 27.4 Å². The van der Waals surface area contributed by atoms with Gasteiger partial charge in [-0.25, -0.2) is 4.98 Å². The van der Waals surface area contributed by atoms with Crippen LogP contribution in [0.4, 0.5) is 18.3 Å². The van der Waals surface area contributed by atoms with Gasteiger partial charge in [-0.15, -0.1) is 11.3 Å². The van der Waals surface area contributed by atoms with Crippen molar-refractivity contribution in [1.29, 1.82) is 0 Å². The highest BCUT2D eigenvalue weighted by molar-refractivity contribution is 7.15. The monoisotopic (exact) mass is 412 g/mol. The molecule has 1 amide bonds. The van der Waals surface area contributed by atoms with Gasteiger partial charge in [-0.1, -0.05) is 29.8 Å². The second kappa shape index (κ2) is 9.02. The molecule has 0 saturated carbocycles. The number of halogens is 3. The number of nitrogens with one attached hydrogen (secondary N) is 1. The molecule has 2 aromatic rings. The minimum absolute atomic E-state index is 0.159. The van der Waals surface area contributed by atoms with Crippen molar-refractivity contribution in [1.82, 2.24) is 14.8 Å². The van der Waals surface area contributed by atoms with Gasteiger partial charge in [-0.05, 0) is 12.5 Å². The fraction of sp³-hybridized carbons (Fsp3) is 0.474. The summed E-state index contributed by atoms with van der Waals surface area (Å²) in [5.74, 6) is -0.194. The number of thiazole rings is 1. The van der Waals surface area contributed by atoms with Gasteiger partial charge in [0.15, 0.2) is 5.13 Å². The Morgan fingerprint density at radius 1 is 1.21 bits per heavy atom. The first kappa shape index (κ1) is 20.8. The number of hydrogen-bond acceptors (Lipinski definition) is 5. The van der Waals surface area contributed by atoms with E-state index in [9.17, 15) is 18.0 Å². The lowest BCUT2D eigenvalue weighted by Crippen LogP contribution is -2.50. The van der Waals surface area contributed by atoms with Gasteiger partial charge >= 0.3 is 6.18 Å². The first-order valence-corrected chi connectivity index (χ1v) is 9.90. The molecule has 2 heterocycles. The number of aromatic nitrogens is 1. The second-order valence-electron chi connectivity index (χ2n) is 7.01. The van der Waals surface area contributed by atoms with E-state index in [0.29, 0.717) is 31.3 Å². The summed E-state index contributed by atoms with van der Waals surface area (Å²) in [6, 6.07) is 8.24. The Kier molecular flexibility index (Phi) is 6.69. The number of alkyl halides is 3. The fourth-order valence-electron chi connectivity index (χ4n) is 3.19. The van der Waals surface area contributed by atoms with Crippen LogP contribution < -0.4 is 5.32 Å². The summed E-state index contributed by atoms with van der Waals surface area (Å²) in [4.78, 5) is 20.8. The van der Waals surface area contributed by atoms with Crippen LogP contribution in [-0.2, 0) is 11.2 Å². The fourth-order valence-corrected chi connectivity index (χ4v) is 4.05. The van der Waals surface area contributed by atoms with Crippen molar-refractivity contribution in [2.45, 2.75) is 19.5 Å². The first-order chi connectivity index (χ1) is 13.3. The van der Waals surface area contributed by atoms with E-state index in [2.05, 4.69) is 22.4 Å². The Balaban J connectivity index is 1.44. The summed E-state index contributed by atoms with van der Waals surface area (Å²) in [5.41, 5.74) is 2.39. The van der Waals surface area contributed by atoms with Crippen molar-refractivity contribution in [2.75, 3.05) is 44.6 Å². The van der Waals surface area contributed by atoms with E-state index in [0.717, 1.165) is 11.3 Å². The summed E-state index contributed by atoms with van der Waals surface area (Å²) in [5, 5.41) is 3.33. The van der Waals surface area contributed by atoms with E-state index in [-0.39, 0.29) is 12.5 Å². The zero-order chi connectivity index (χ0) is 20.1. The van der Waals surface area contributed by atoms with Gasteiger partial charge in [0.2, 0.25) is 5.91 Å². The van der Waals surface area contributed by atoms with E-state index in [4.69, 9.17) is 0 Å². The number of anilines is 1. The maximum atomic E-state index is 12.4. The lowest BCUT2D eigenvalue weighted by molar-refractivity contribution is -0.149. The molecule has 1 saturated heterocycles. The minimum Gasteiger partial charge on any atom is -0.301 e. The molecule has 28 heavy (non-hydrogen) atoms. The lowest BCUT2D eigenvalue weighted by atomic mass is 10.1. The molecule has 5 nitrogen and oxygen atoms in total. The summed E-state index contributed by atoms with van der Waals surface area (Å²) in [7, 11) is 0. The van der Waals surface area contributed by atoms with Crippen LogP contribution in [0, 0.1) is 6.92 Å². The molecule has 9 heteroatoms. The zero-order valence-electron chi connectivity index (χ0n) is 15.6. The van der Waals surface area contributed by atoms with Crippen molar-refractivity contribution in [3.63, 3.8) is 0 Å². The summed E-state index contributed by atoms with van der Waals surface area (Å²) < 4.78 is 37.3. The van der Waals surface area contributed by atoms with Gasteiger partial charge in [0.05, 0.1) is 13.1 Å². The minimum atomic E-state index is -4.18. The average molecular weight is 412 g/mol. The predicted molar refractivity (Wildman–Crippen MR) is 104 cm³/mol. The zero-order valence-corrected chi connectivity index (χ0v) is 16.4. The van der Waals surface area contributed by atoms with Gasteiger partial charge < -0.3 is 5.32 Å². The molecular formula is C19H23F3N4OS. The first-order valence-electron chi connectivity index (χ1n) is 9.08. The average Bonchev–Trinajstić information content (AvgIpc) is 3.02. The molecular weight excluding hydrogens is 389 g/mol. The van der Waals surface area contributed by atoms with Crippen molar-refractivity contribution in [2.24, 2.45) is 0 Å². The van der Waals surface area contributed by atoms with Gasteiger partial charge in [0.25, 0.3) is 0 Å². The third-order valence-corrected chi connectivity index (χ3v) is 5.41. The number of carbonyl (C=O) groups is 1. The smallest absolute Gasteiger partial charge is 0.301 e. The van der Waals surface area contributed by atoms with Crippen molar-refractivity contribution >= 4 is 22.4 Å². The summed E-state index contributed by atoms with van der Waals surface area (Å²) in [6.07, 6.45) is -1.66. The van der Waals surface area contributed by atoms with Gasteiger partial charge in [0, 0.05) is 43.7 Å². The Hall–Kier alpha value is -1.97. The van der Waals surface area contributed by atoms with Crippen LogP contribution in [0.15, 0.2) is 30.5 Å². The van der Waals surface area contributed by atoms with Crippen LogP contribution in [0.25, 0.3) is 0 Å². The Labute approximate surface area is 166 Å². The van der Waals surface area contributed by atoms with E-state index in [1.54, 1.807) is 6.20 Å². The number of rotatable bonds is 6. The maximum Gasteiger partial charge on any atom is 0.401 e. The van der Waals surface area contributed by atoms with E-state index >= 15 is 0 Å². The van der Waals surface area contributed by atoms with Crippen LogP contribution in [0.5, 0.6) is 0 Å². The SMILES string of the molecule is Cc1cccc(Cc2cnc(NC(=O)CN3CCN(CC(F)(F)F)CC3)s2)c1. The van der Waals surface area contributed by atoms with Gasteiger partial charge in [-0.3, -0.25) is 14.6 Å². The molecule has 0 unspecified atom stereocenters. The number of benzene rings is 1. The van der Waals surface area contributed by atoms with Crippen molar-refractivity contribution in [3.8, 4) is 0 Å². The topological polar surface area (TPSA) is 48.5 Å². The highest BCUT2D eigenvalue weighted by atomic mass is 32.1. The van der Waals surface area contributed by atoms with Crippen LogP contribution in [0.3, 0.4) is 0 Å². The van der Waals surface area contributed by atoms with Crippen molar-refractivity contribution < 1.29 is 18.0 Å². The molecule has 1 fully saturated rings. The molecule has 152 valence electrons. The molecule has 1 aliphatic rings. The highest BCUT2D eigenvalue weighted by Crippen LogP contribution is 2.22. The second-order valence-corrected chi connectivity index (χ2v) is 8.13. The van der Waals surface area contributed by atoms with E-state index < -0.39 is 12.7 Å². The third kappa shape index (κ3) is 6.57. The molecule has 1 aromatic heterocycles. The Morgan fingerprint density at radius 3 is 2.61 bits per heavy atom. The number of carbonyl (C=O) groups excluding carboxylic acids is 1. The largest absolute Gasteiger partial charge is 0.401 e. The molecule has 0 aliphatic carbocycles. The standard InChI is InChI=1S/C19H23F3N4OS/c1-14-3-2-4-15(9-14)10-16-11-23-18(28-16)24-17(27)12-25-5-7-26(8-6-25)13-19(20,21)22/h2-4,9,11H,5-8,10,12-13H2,1H3,(H,23,24,27). The maximum absolute atomic E-state index is 12.4. The quantitative estimate of drug-likeness (QED) is 0.792. The molecule has 0 radical (unpaired) electrons. The number of amides is 1. The van der Waals surface area contributed by atoms with Crippen LogP contribution >= 0.6 is 11.3 Å². The molecule has 1 N–H and O–H groups in total. The number of piperazine rings is 1. The van der Waals surface area contributed by atoms with E-state index in [1.807, 2.05) is 24.0 Å². The molecule has 0 spiro atoms. The van der Waals surface area contributed by atoms with Gasteiger partial charge in [-0.2, -0.15) is 13.2 Å². The van der Waals surface area contributed by atoms with Crippen LogP contribution in [0.1, 0.15) is 16.0 Å². The lowest BCUT2D eigenvalue weighted by Gasteiger charge is -2.34. The van der Waals surface area contributed by atoms with Crippen LogP contribution in [-0.4, -0.2) is 66.1 Å². The predicted octanol–water partition coefficient (Wildman–Crippen LogP) is 3.16.